The van der Waals surface area contributed by atoms with Gasteiger partial charge >= 0.3 is 0 Å². The number of aldehydes is 1. The van der Waals surface area contributed by atoms with Crippen molar-refractivity contribution in [3.8, 4) is 0 Å². The molecule has 0 unspecified atom stereocenters. The molecule has 0 aliphatic heterocycles. The van der Waals surface area contributed by atoms with Crippen LogP contribution >= 0.6 is 0 Å². The van der Waals surface area contributed by atoms with E-state index in [0.29, 0.717) is 16.7 Å². The molecule has 3 rings (SSSR count). The van der Waals surface area contributed by atoms with Gasteiger partial charge in [0, 0.05) is 5.57 Å². The Morgan fingerprint density at radius 2 is 1.19 bits per heavy atom. The molecule has 0 fully saturated rings. The first-order valence-electron chi connectivity index (χ1n) is 9.06. The van der Waals surface area contributed by atoms with Crippen LogP contribution in [0.2, 0.25) is 13.1 Å². The van der Waals surface area contributed by atoms with Gasteiger partial charge in [-0.25, -0.2) is 0 Å². The lowest BCUT2D eigenvalue weighted by Gasteiger charge is -2.32. The Labute approximate surface area is 161 Å². The summed E-state index contributed by atoms with van der Waals surface area (Å²) in [6, 6.07) is 29.0. The average molecular weight is 373 g/mol. The van der Waals surface area contributed by atoms with Crippen LogP contribution in [0.15, 0.2) is 102 Å². The van der Waals surface area contributed by atoms with Crippen LogP contribution in [0.1, 0.15) is 11.1 Å². The van der Waals surface area contributed by atoms with Crippen molar-refractivity contribution in [2.24, 2.45) is 0 Å². The summed E-state index contributed by atoms with van der Waals surface area (Å²) in [5.74, 6) is 0. The monoisotopic (exact) mass is 372 g/mol. The van der Waals surface area contributed by atoms with Crippen molar-refractivity contribution in [1.82, 2.24) is 0 Å². The number of aliphatic hydroxyl groups is 1. The molecule has 0 saturated heterocycles. The van der Waals surface area contributed by atoms with E-state index in [1.165, 1.54) is 5.19 Å². The minimum Gasteiger partial charge on any atom is -0.376 e. The molecule has 1 N–H and O–H groups in total. The van der Waals surface area contributed by atoms with Crippen LogP contribution in [0.4, 0.5) is 0 Å². The zero-order valence-corrected chi connectivity index (χ0v) is 16.7. The number of hydrogen-bond acceptors (Lipinski definition) is 2. The third kappa shape index (κ3) is 3.84. The van der Waals surface area contributed by atoms with E-state index in [2.05, 4.69) is 25.2 Å². The smallest absolute Gasteiger partial charge is 0.148 e. The van der Waals surface area contributed by atoms with E-state index in [0.717, 1.165) is 6.29 Å². The zero-order valence-electron chi connectivity index (χ0n) is 15.7. The Hall–Kier alpha value is -2.75. The van der Waals surface area contributed by atoms with E-state index in [4.69, 9.17) is 0 Å². The van der Waals surface area contributed by atoms with Gasteiger partial charge in [-0.2, -0.15) is 0 Å². The molecule has 27 heavy (non-hydrogen) atoms. The summed E-state index contributed by atoms with van der Waals surface area (Å²) in [7, 11) is -2.09. The predicted molar refractivity (Wildman–Crippen MR) is 114 cm³/mol. The highest BCUT2D eigenvalue weighted by atomic mass is 28.3. The fourth-order valence-electron chi connectivity index (χ4n) is 3.42. The topological polar surface area (TPSA) is 37.3 Å². The number of rotatable bonds is 6. The molecule has 0 spiro atoms. The van der Waals surface area contributed by atoms with Gasteiger partial charge in [0.25, 0.3) is 0 Å². The van der Waals surface area contributed by atoms with Crippen LogP contribution in [0.25, 0.3) is 0 Å². The van der Waals surface area contributed by atoms with Gasteiger partial charge in [-0.05, 0) is 11.1 Å². The van der Waals surface area contributed by atoms with E-state index >= 15 is 0 Å². The summed E-state index contributed by atoms with van der Waals surface area (Å²) in [5, 5.41) is 13.1. The van der Waals surface area contributed by atoms with Crippen molar-refractivity contribution in [2.45, 2.75) is 18.7 Å². The molecule has 3 heteroatoms. The summed E-state index contributed by atoms with van der Waals surface area (Å²) in [5.41, 5.74) is 2.29. The molecule has 0 heterocycles. The van der Waals surface area contributed by atoms with Gasteiger partial charge in [0.1, 0.15) is 20.0 Å². The molecule has 0 bridgehead atoms. The first-order valence-corrected chi connectivity index (χ1v) is 12.1. The number of hydrogen-bond donors (Lipinski definition) is 1. The van der Waals surface area contributed by atoms with Crippen LogP contribution in [0.5, 0.6) is 0 Å². The van der Waals surface area contributed by atoms with Gasteiger partial charge in [0.05, 0.1) is 0 Å². The van der Waals surface area contributed by atoms with Crippen molar-refractivity contribution in [1.29, 1.82) is 0 Å². The average Bonchev–Trinajstić information content (AvgIpc) is 2.73. The Bertz CT molecular complexity index is 877. The van der Waals surface area contributed by atoms with Gasteiger partial charge in [0.15, 0.2) is 0 Å². The molecule has 0 radical (unpaired) electrons. The Balaban J connectivity index is 2.20. The number of benzene rings is 3. The molecule has 0 aliphatic carbocycles. The van der Waals surface area contributed by atoms with Crippen molar-refractivity contribution in [3.63, 3.8) is 0 Å². The Kier molecular flexibility index (Phi) is 5.54. The molecule has 0 saturated carbocycles. The molecule has 0 atom stereocenters. The molecule has 136 valence electrons. The lowest BCUT2D eigenvalue weighted by atomic mass is 9.81. The maximum absolute atomic E-state index is 12.2. The van der Waals surface area contributed by atoms with Crippen LogP contribution in [-0.4, -0.2) is 19.5 Å². The summed E-state index contributed by atoms with van der Waals surface area (Å²) < 4.78 is 0. The Morgan fingerprint density at radius 1 is 0.778 bits per heavy atom. The van der Waals surface area contributed by atoms with Crippen molar-refractivity contribution < 1.29 is 9.90 Å². The Morgan fingerprint density at radius 3 is 1.59 bits per heavy atom. The fourth-order valence-corrected chi connectivity index (χ4v) is 5.69. The molecule has 3 aromatic rings. The first-order chi connectivity index (χ1) is 13.0. The largest absolute Gasteiger partial charge is 0.376 e. The zero-order chi connectivity index (χ0) is 19.3. The predicted octanol–water partition coefficient (Wildman–Crippen LogP) is 4.20. The third-order valence-electron chi connectivity index (χ3n) is 4.96. The van der Waals surface area contributed by atoms with E-state index in [-0.39, 0.29) is 0 Å². The van der Waals surface area contributed by atoms with Crippen molar-refractivity contribution in [3.05, 3.63) is 113 Å². The van der Waals surface area contributed by atoms with Crippen molar-refractivity contribution >= 4 is 19.5 Å². The summed E-state index contributed by atoms with van der Waals surface area (Å²) in [6.45, 7) is 4.37. The highest BCUT2D eigenvalue weighted by Crippen LogP contribution is 2.36. The maximum atomic E-state index is 12.2. The van der Waals surface area contributed by atoms with Gasteiger partial charge in [-0.3, -0.25) is 4.79 Å². The molecule has 0 amide bonds. The van der Waals surface area contributed by atoms with Crippen LogP contribution in [0.3, 0.4) is 0 Å². The number of carbonyl (C=O) groups excluding carboxylic acids is 1. The molecule has 3 aromatic carbocycles. The summed E-state index contributed by atoms with van der Waals surface area (Å²) in [6.07, 6.45) is 0.803. The second kappa shape index (κ2) is 7.87. The maximum Gasteiger partial charge on any atom is 0.148 e. The van der Waals surface area contributed by atoms with Gasteiger partial charge < -0.3 is 5.11 Å². The molecular weight excluding hydrogens is 348 g/mol. The van der Waals surface area contributed by atoms with E-state index in [1.807, 2.05) is 84.6 Å². The van der Waals surface area contributed by atoms with Crippen LogP contribution in [0, 0.1) is 0 Å². The van der Waals surface area contributed by atoms with Gasteiger partial charge in [-0.15, -0.1) is 0 Å². The van der Waals surface area contributed by atoms with E-state index < -0.39 is 13.7 Å². The van der Waals surface area contributed by atoms with E-state index in [1.54, 1.807) is 0 Å². The lowest BCUT2D eigenvalue weighted by Crippen LogP contribution is -2.42. The summed E-state index contributed by atoms with van der Waals surface area (Å²) in [4.78, 5) is 12.2. The quantitative estimate of drug-likeness (QED) is 0.400. The van der Waals surface area contributed by atoms with Crippen LogP contribution < -0.4 is 5.19 Å². The minimum absolute atomic E-state index is 0.389. The van der Waals surface area contributed by atoms with Crippen molar-refractivity contribution in [2.75, 3.05) is 0 Å². The molecule has 0 aromatic heterocycles. The normalized spacial score (nSPS) is 12.6. The second-order valence-electron chi connectivity index (χ2n) is 7.25. The van der Waals surface area contributed by atoms with Gasteiger partial charge in [0.2, 0.25) is 0 Å². The van der Waals surface area contributed by atoms with E-state index in [9.17, 15) is 9.90 Å². The first kappa shape index (κ1) is 19.0. The van der Waals surface area contributed by atoms with Crippen LogP contribution in [-0.2, 0) is 10.4 Å². The second-order valence-corrected chi connectivity index (χ2v) is 11.6. The van der Waals surface area contributed by atoms with Gasteiger partial charge in [-0.1, -0.05) is 115 Å². The molecule has 0 aliphatic rings. The standard InChI is InChI=1S/C24H24O2Si/c1-27(2,23-16-10-5-11-17-23)19-22(18-25)24(26,20-12-6-3-7-13-20)21-14-8-4-9-15-21/h3-19,26H,1-2H3/b22-19+. The highest BCUT2D eigenvalue weighted by Gasteiger charge is 2.37. The third-order valence-corrected chi connectivity index (χ3v) is 7.82. The molecular formula is C24H24O2Si. The minimum atomic E-state index is -2.09. The highest BCUT2D eigenvalue weighted by molar-refractivity contribution is 6.94. The molecule has 2 nitrogen and oxygen atoms in total. The SMILES string of the molecule is C[Si](C)(/C=C(\C=O)C(O)(c1ccccc1)c1ccccc1)c1ccccc1. The summed E-state index contributed by atoms with van der Waals surface area (Å²) >= 11 is 0. The number of carbonyl (C=O) groups is 1. The fraction of sp³-hybridized carbons (Fsp3) is 0.125. The lowest BCUT2D eigenvalue weighted by molar-refractivity contribution is -0.106.